The van der Waals surface area contributed by atoms with Crippen molar-refractivity contribution in [1.82, 2.24) is 4.57 Å². The number of hydrogen-bond acceptors (Lipinski definition) is 1. The largest absolute Gasteiger partial charge is 0.350 e. The number of aromatic nitrogens is 1. The van der Waals surface area contributed by atoms with Gasteiger partial charge < -0.3 is 10.3 Å². The topological polar surface area (TPSA) is 30.9 Å². The molecule has 1 heterocycles. The number of rotatable bonds is 2. The van der Waals surface area contributed by atoms with Gasteiger partial charge in [-0.15, -0.1) is 0 Å². The molecule has 0 fully saturated rings. The third-order valence-electron chi connectivity index (χ3n) is 2.50. The summed E-state index contributed by atoms with van der Waals surface area (Å²) in [6, 6.07) is 3.69. The molecule has 1 aromatic carbocycles. The highest BCUT2D eigenvalue weighted by molar-refractivity contribution is 6.38. The minimum Gasteiger partial charge on any atom is -0.350 e. The summed E-state index contributed by atoms with van der Waals surface area (Å²) in [4.78, 5) is 0. The smallest absolute Gasteiger partial charge is 0.0517 e. The molecule has 0 bridgehead atoms. The lowest BCUT2D eigenvalue weighted by molar-refractivity contribution is 0.929. The van der Waals surface area contributed by atoms with Crippen molar-refractivity contribution in [1.29, 1.82) is 0 Å². The van der Waals surface area contributed by atoms with Gasteiger partial charge in [-0.2, -0.15) is 0 Å². The summed E-state index contributed by atoms with van der Waals surface area (Å²) in [5.41, 5.74) is 7.79. The first-order chi connectivity index (χ1) is 7.13. The summed E-state index contributed by atoms with van der Waals surface area (Å²) in [6.07, 6.45) is 2.89. The van der Waals surface area contributed by atoms with Crippen LogP contribution in [0.5, 0.6) is 0 Å². The van der Waals surface area contributed by atoms with Crippen molar-refractivity contribution >= 4 is 34.1 Å². The second kappa shape index (κ2) is 4.05. The summed E-state index contributed by atoms with van der Waals surface area (Å²) < 4.78 is 2.03. The monoisotopic (exact) mass is 242 g/mol. The molecule has 2 aromatic rings. The van der Waals surface area contributed by atoms with Crippen molar-refractivity contribution in [3.05, 3.63) is 33.9 Å². The fraction of sp³-hybridized carbons (Fsp3) is 0.273. The molecular formula is C11H12Cl2N2. The second-order valence-electron chi connectivity index (χ2n) is 3.59. The van der Waals surface area contributed by atoms with Crippen LogP contribution in [-0.2, 0) is 13.5 Å². The molecule has 1 aromatic heterocycles. The fourth-order valence-corrected chi connectivity index (χ4v) is 2.47. The molecule has 4 heteroatoms. The lowest BCUT2D eigenvalue weighted by Crippen LogP contribution is -2.02. The highest BCUT2D eigenvalue weighted by Gasteiger charge is 2.10. The zero-order chi connectivity index (χ0) is 11.0. The maximum Gasteiger partial charge on any atom is 0.0517 e. The number of halogens is 2. The Labute approximate surface area is 98.6 Å². The lowest BCUT2D eigenvalue weighted by atomic mass is 10.1. The molecule has 0 aliphatic rings. The molecule has 0 radical (unpaired) electrons. The summed E-state index contributed by atoms with van der Waals surface area (Å²) in [5.74, 6) is 0. The Kier molecular flexibility index (Phi) is 2.91. The third-order valence-corrected chi connectivity index (χ3v) is 3.01. The van der Waals surface area contributed by atoms with E-state index in [-0.39, 0.29) is 0 Å². The van der Waals surface area contributed by atoms with E-state index in [1.54, 1.807) is 6.07 Å². The first-order valence-electron chi connectivity index (χ1n) is 4.76. The maximum atomic E-state index is 6.18. The van der Waals surface area contributed by atoms with Crippen molar-refractivity contribution < 1.29 is 0 Å². The normalized spacial score (nSPS) is 11.2. The molecule has 0 amide bonds. The lowest BCUT2D eigenvalue weighted by Gasteiger charge is -2.00. The van der Waals surface area contributed by atoms with Crippen LogP contribution in [0, 0.1) is 0 Å². The zero-order valence-electron chi connectivity index (χ0n) is 8.43. The molecule has 0 unspecified atom stereocenters. The van der Waals surface area contributed by atoms with Crippen molar-refractivity contribution in [2.45, 2.75) is 6.42 Å². The van der Waals surface area contributed by atoms with Gasteiger partial charge in [0.25, 0.3) is 0 Å². The predicted molar refractivity (Wildman–Crippen MR) is 65.7 cm³/mol. The van der Waals surface area contributed by atoms with Gasteiger partial charge >= 0.3 is 0 Å². The Morgan fingerprint density at radius 1 is 1.33 bits per heavy atom. The second-order valence-corrected chi connectivity index (χ2v) is 4.43. The van der Waals surface area contributed by atoms with Gasteiger partial charge in [-0.3, -0.25) is 0 Å². The van der Waals surface area contributed by atoms with Crippen LogP contribution in [0.4, 0.5) is 0 Å². The van der Waals surface area contributed by atoms with E-state index in [4.69, 9.17) is 28.9 Å². The number of fused-ring (bicyclic) bond motifs is 1. The van der Waals surface area contributed by atoms with Crippen LogP contribution in [0.2, 0.25) is 10.0 Å². The van der Waals surface area contributed by atoms with Gasteiger partial charge in [-0.05, 0) is 30.7 Å². The molecule has 15 heavy (non-hydrogen) atoms. The summed E-state index contributed by atoms with van der Waals surface area (Å²) in [5, 5.41) is 2.42. The molecule has 0 saturated carbocycles. The number of aryl methyl sites for hydroxylation is 1. The molecule has 0 aliphatic carbocycles. The van der Waals surface area contributed by atoms with Gasteiger partial charge in [0.2, 0.25) is 0 Å². The number of nitrogens with zero attached hydrogens (tertiary/aromatic N) is 1. The number of benzene rings is 1. The first kappa shape index (κ1) is 10.8. The molecule has 0 spiro atoms. The molecule has 0 saturated heterocycles. The van der Waals surface area contributed by atoms with E-state index in [2.05, 4.69) is 6.20 Å². The first-order valence-corrected chi connectivity index (χ1v) is 5.52. The van der Waals surface area contributed by atoms with Crippen LogP contribution in [0.3, 0.4) is 0 Å². The van der Waals surface area contributed by atoms with Crippen LogP contribution in [0.1, 0.15) is 5.56 Å². The summed E-state index contributed by atoms with van der Waals surface area (Å²) in [6.45, 7) is 0.623. The average Bonchev–Trinajstić information content (AvgIpc) is 2.44. The van der Waals surface area contributed by atoms with E-state index >= 15 is 0 Å². The molecule has 0 atom stereocenters. The number of hydrogen-bond donors (Lipinski definition) is 1. The van der Waals surface area contributed by atoms with E-state index in [1.165, 1.54) is 5.56 Å². The van der Waals surface area contributed by atoms with Gasteiger partial charge in [-0.1, -0.05) is 23.2 Å². The maximum absolute atomic E-state index is 6.18. The van der Waals surface area contributed by atoms with Crippen LogP contribution in [-0.4, -0.2) is 11.1 Å². The van der Waals surface area contributed by atoms with Gasteiger partial charge in [0.05, 0.1) is 10.5 Å². The van der Waals surface area contributed by atoms with E-state index in [9.17, 15) is 0 Å². The predicted octanol–water partition coefficient (Wildman–Crippen LogP) is 2.99. The molecule has 2 nitrogen and oxygen atoms in total. The van der Waals surface area contributed by atoms with Crippen molar-refractivity contribution in [2.24, 2.45) is 12.8 Å². The zero-order valence-corrected chi connectivity index (χ0v) is 9.94. The Morgan fingerprint density at radius 2 is 2.07 bits per heavy atom. The standard InChI is InChI=1S/C11H12Cl2N2/c1-15-6-7(2-3-14)11-9(13)4-8(12)5-10(11)15/h4-6H,2-3,14H2,1H3. The Balaban J connectivity index is 2.75. The Bertz CT molecular complexity index is 503. The minimum atomic E-state index is 0.623. The molecule has 80 valence electrons. The van der Waals surface area contributed by atoms with Crippen molar-refractivity contribution in [3.8, 4) is 0 Å². The fourth-order valence-electron chi connectivity index (χ4n) is 1.87. The van der Waals surface area contributed by atoms with E-state index in [0.29, 0.717) is 16.6 Å². The van der Waals surface area contributed by atoms with Gasteiger partial charge in [0.1, 0.15) is 0 Å². The van der Waals surface area contributed by atoms with Crippen molar-refractivity contribution in [3.63, 3.8) is 0 Å². The average molecular weight is 243 g/mol. The summed E-state index contributed by atoms with van der Waals surface area (Å²) in [7, 11) is 1.98. The molecule has 0 aliphatic heterocycles. The van der Waals surface area contributed by atoms with Crippen LogP contribution >= 0.6 is 23.2 Å². The van der Waals surface area contributed by atoms with Crippen LogP contribution < -0.4 is 5.73 Å². The van der Waals surface area contributed by atoms with Crippen LogP contribution in [0.25, 0.3) is 10.9 Å². The Morgan fingerprint density at radius 3 is 2.73 bits per heavy atom. The SMILES string of the molecule is Cn1cc(CCN)c2c(Cl)cc(Cl)cc21. The quantitative estimate of drug-likeness (QED) is 0.863. The van der Waals surface area contributed by atoms with E-state index < -0.39 is 0 Å². The van der Waals surface area contributed by atoms with E-state index in [0.717, 1.165) is 17.3 Å². The van der Waals surface area contributed by atoms with Gasteiger partial charge in [0, 0.05) is 23.7 Å². The summed E-state index contributed by atoms with van der Waals surface area (Å²) >= 11 is 12.1. The van der Waals surface area contributed by atoms with Gasteiger partial charge in [0.15, 0.2) is 0 Å². The molecular weight excluding hydrogens is 231 g/mol. The van der Waals surface area contributed by atoms with Gasteiger partial charge in [-0.25, -0.2) is 0 Å². The minimum absolute atomic E-state index is 0.623. The highest BCUT2D eigenvalue weighted by Crippen LogP contribution is 2.31. The van der Waals surface area contributed by atoms with Crippen LogP contribution in [0.15, 0.2) is 18.3 Å². The number of nitrogens with two attached hydrogens (primary N) is 1. The molecule has 2 rings (SSSR count). The van der Waals surface area contributed by atoms with E-state index in [1.807, 2.05) is 17.7 Å². The highest BCUT2D eigenvalue weighted by atomic mass is 35.5. The Hall–Kier alpha value is -0.700. The third kappa shape index (κ3) is 1.85. The van der Waals surface area contributed by atoms with Crippen molar-refractivity contribution in [2.75, 3.05) is 6.54 Å². The molecule has 2 N–H and O–H groups in total.